The Bertz CT molecular complexity index is 789. The fourth-order valence-electron chi connectivity index (χ4n) is 2.11. The van der Waals surface area contributed by atoms with Crippen molar-refractivity contribution in [3.63, 3.8) is 0 Å². The monoisotopic (exact) mass is 330 g/mol. The van der Waals surface area contributed by atoms with Crippen molar-refractivity contribution in [1.29, 1.82) is 0 Å². The first-order valence-corrected chi connectivity index (χ1v) is 7.84. The molecule has 0 spiro atoms. The Labute approximate surface area is 146 Å². The standard InChI is InChI=1S/C14H10O2.C8H8O/c15-13(11-7-3-1-4-8-11)14(16)12-9-5-2-6-10-12;1-7(9)8-5-3-2-4-6-8/h1-10H;2-6H,1H3. The molecular formula is C22H18O3. The van der Waals surface area contributed by atoms with Gasteiger partial charge in [0.15, 0.2) is 5.78 Å². The third-order valence-electron chi connectivity index (χ3n) is 3.46. The van der Waals surface area contributed by atoms with Gasteiger partial charge in [0.25, 0.3) is 0 Å². The van der Waals surface area contributed by atoms with Gasteiger partial charge in [0.1, 0.15) is 0 Å². The molecule has 0 amide bonds. The summed E-state index contributed by atoms with van der Waals surface area (Å²) in [6.45, 7) is 1.56. The number of ketones is 3. The van der Waals surface area contributed by atoms with Crippen LogP contribution in [0.5, 0.6) is 0 Å². The molecule has 3 aromatic rings. The molecule has 0 atom stereocenters. The van der Waals surface area contributed by atoms with Gasteiger partial charge in [-0.2, -0.15) is 0 Å². The van der Waals surface area contributed by atoms with E-state index >= 15 is 0 Å². The van der Waals surface area contributed by atoms with Gasteiger partial charge in [0.2, 0.25) is 11.6 Å². The van der Waals surface area contributed by atoms with E-state index in [1.54, 1.807) is 55.5 Å². The zero-order chi connectivity index (χ0) is 18.1. The minimum absolute atomic E-state index is 0.121. The van der Waals surface area contributed by atoms with Gasteiger partial charge in [-0.3, -0.25) is 14.4 Å². The molecule has 0 heterocycles. The van der Waals surface area contributed by atoms with Gasteiger partial charge in [0, 0.05) is 16.7 Å². The quantitative estimate of drug-likeness (QED) is 0.517. The van der Waals surface area contributed by atoms with Gasteiger partial charge in [-0.25, -0.2) is 0 Å². The molecular weight excluding hydrogens is 312 g/mol. The number of rotatable bonds is 4. The summed E-state index contributed by atoms with van der Waals surface area (Å²) in [5.74, 6) is -0.811. The summed E-state index contributed by atoms with van der Waals surface area (Å²) >= 11 is 0. The highest BCUT2D eigenvalue weighted by Crippen LogP contribution is 2.07. The van der Waals surface area contributed by atoms with Crippen LogP contribution in [0.1, 0.15) is 38.0 Å². The highest BCUT2D eigenvalue weighted by Gasteiger charge is 2.16. The van der Waals surface area contributed by atoms with Crippen LogP contribution in [0.2, 0.25) is 0 Å². The number of Topliss-reactive ketones (excluding diaryl/α,β-unsaturated/α-hetero) is 3. The first-order valence-electron chi connectivity index (χ1n) is 7.84. The Morgan fingerprint density at radius 1 is 0.480 bits per heavy atom. The van der Waals surface area contributed by atoms with Crippen LogP contribution in [-0.2, 0) is 0 Å². The summed E-state index contributed by atoms with van der Waals surface area (Å²) in [5.41, 5.74) is 1.63. The second-order valence-electron chi connectivity index (χ2n) is 5.31. The van der Waals surface area contributed by atoms with Gasteiger partial charge in [-0.05, 0) is 6.92 Å². The Morgan fingerprint density at radius 2 is 0.760 bits per heavy atom. The van der Waals surface area contributed by atoms with Crippen molar-refractivity contribution in [3.05, 3.63) is 108 Å². The lowest BCUT2D eigenvalue weighted by Gasteiger charge is -1.99. The molecule has 0 aliphatic carbocycles. The van der Waals surface area contributed by atoms with Crippen molar-refractivity contribution >= 4 is 17.3 Å². The molecule has 124 valence electrons. The zero-order valence-electron chi connectivity index (χ0n) is 13.9. The summed E-state index contributed by atoms with van der Waals surface area (Å²) < 4.78 is 0. The Balaban J connectivity index is 0.000000212. The molecule has 0 radical (unpaired) electrons. The molecule has 0 aromatic heterocycles. The second-order valence-corrected chi connectivity index (χ2v) is 5.31. The van der Waals surface area contributed by atoms with Crippen molar-refractivity contribution in [3.8, 4) is 0 Å². The summed E-state index contributed by atoms with van der Waals surface area (Å²) in [7, 11) is 0. The summed E-state index contributed by atoms with van der Waals surface area (Å²) in [4.78, 5) is 34.2. The molecule has 25 heavy (non-hydrogen) atoms. The van der Waals surface area contributed by atoms with Gasteiger partial charge in [-0.1, -0.05) is 91.0 Å². The maximum atomic E-state index is 11.8. The Hall–Kier alpha value is -3.33. The van der Waals surface area contributed by atoms with Crippen molar-refractivity contribution in [1.82, 2.24) is 0 Å². The third-order valence-corrected chi connectivity index (χ3v) is 3.46. The molecule has 3 heteroatoms. The van der Waals surface area contributed by atoms with Crippen molar-refractivity contribution in [2.45, 2.75) is 6.92 Å². The maximum absolute atomic E-state index is 11.8. The molecule has 3 nitrogen and oxygen atoms in total. The fraction of sp³-hybridized carbons (Fsp3) is 0.0455. The van der Waals surface area contributed by atoms with Gasteiger partial charge in [0.05, 0.1) is 0 Å². The second kappa shape index (κ2) is 9.08. The summed E-state index contributed by atoms with van der Waals surface area (Å²) in [5, 5.41) is 0. The van der Waals surface area contributed by atoms with Gasteiger partial charge < -0.3 is 0 Å². The molecule has 0 saturated heterocycles. The average molecular weight is 330 g/mol. The van der Waals surface area contributed by atoms with E-state index in [-0.39, 0.29) is 5.78 Å². The lowest BCUT2D eigenvalue weighted by atomic mass is 10.0. The first kappa shape index (κ1) is 18.0. The van der Waals surface area contributed by atoms with Crippen LogP contribution < -0.4 is 0 Å². The number of hydrogen-bond acceptors (Lipinski definition) is 3. The number of carbonyl (C=O) groups excluding carboxylic acids is 3. The normalized spacial score (nSPS) is 9.48. The summed E-state index contributed by atoms with van der Waals surface area (Å²) in [6, 6.07) is 26.4. The van der Waals surface area contributed by atoms with Crippen molar-refractivity contribution in [2.24, 2.45) is 0 Å². The predicted molar refractivity (Wildman–Crippen MR) is 98.0 cm³/mol. The van der Waals surface area contributed by atoms with Crippen LogP contribution in [0.3, 0.4) is 0 Å². The van der Waals surface area contributed by atoms with E-state index in [0.29, 0.717) is 11.1 Å². The van der Waals surface area contributed by atoms with E-state index in [9.17, 15) is 14.4 Å². The molecule has 0 saturated carbocycles. The van der Waals surface area contributed by atoms with Gasteiger partial charge in [-0.15, -0.1) is 0 Å². The minimum Gasteiger partial charge on any atom is -0.295 e. The highest BCUT2D eigenvalue weighted by molar-refractivity contribution is 6.49. The number of benzene rings is 3. The van der Waals surface area contributed by atoms with Crippen molar-refractivity contribution in [2.75, 3.05) is 0 Å². The molecule has 0 aliphatic heterocycles. The van der Waals surface area contributed by atoms with E-state index in [0.717, 1.165) is 5.56 Å². The predicted octanol–water partition coefficient (Wildman–Crippen LogP) is 4.64. The van der Waals surface area contributed by atoms with Crippen LogP contribution in [0.25, 0.3) is 0 Å². The molecule has 3 rings (SSSR count). The molecule has 0 unspecified atom stereocenters. The van der Waals surface area contributed by atoms with E-state index < -0.39 is 11.6 Å². The van der Waals surface area contributed by atoms with Crippen LogP contribution in [0, 0.1) is 0 Å². The molecule has 0 N–H and O–H groups in total. The molecule has 3 aromatic carbocycles. The number of hydrogen-bond donors (Lipinski definition) is 0. The number of carbonyl (C=O) groups is 3. The lowest BCUT2D eigenvalue weighted by Crippen LogP contribution is -2.14. The van der Waals surface area contributed by atoms with Crippen LogP contribution in [0.4, 0.5) is 0 Å². The lowest BCUT2D eigenvalue weighted by molar-refractivity contribution is 0.0817. The Morgan fingerprint density at radius 3 is 1.00 bits per heavy atom. The van der Waals surface area contributed by atoms with E-state index in [2.05, 4.69) is 0 Å². The smallest absolute Gasteiger partial charge is 0.233 e. The van der Waals surface area contributed by atoms with E-state index in [1.165, 1.54) is 0 Å². The molecule has 0 fully saturated rings. The van der Waals surface area contributed by atoms with Crippen LogP contribution in [-0.4, -0.2) is 17.3 Å². The highest BCUT2D eigenvalue weighted by atomic mass is 16.2. The maximum Gasteiger partial charge on any atom is 0.233 e. The average Bonchev–Trinajstić information content (AvgIpc) is 2.69. The fourth-order valence-corrected chi connectivity index (χ4v) is 2.11. The van der Waals surface area contributed by atoms with Gasteiger partial charge >= 0.3 is 0 Å². The third kappa shape index (κ3) is 5.36. The minimum atomic E-state index is -0.466. The molecule has 0 aliphatic rings. The SMILES string of the molecule is CC(=O)c1ccccc1.O=C(C(=O)c1ccccc1)c1ccccc1. The van der Waals surface area contributed by atoms with Crippen LogP contribution in [0.15, 0.2) is 91.0 Å². The summed E-state index contributed by atoms with van der Waals surface area (Å²) in [6.07, 6.45) is 0. The zero-order valence-corrected chi connectivity index (χ0v) is 13.9. The van der Waals surface area contributed by atoms with Crippen molar-refractivity contribution < 1.29 is 14.4 Å². The van der Waals surface area contributed by atoms with Crippen LogP contribution >= 0.6 is 0 Å². The molecule has 0 bridgehead atoms. The largest absolute Gasteiger partial charge is 0.295 e. The Kier molecular flexibility index (Phi) is 6.55. The first-order chi connectivity index (χ1) is 12.1. The van der Waals surface area contributed by atoms with E-state index in [1.807, 2.05) is 42.5 Å². The topological polar surface area (TPSA) is 51.2 Å². The van der Waals surface area contributed by atoms with E-state index in [4.69, 9.17) is 0 Å².